The SMILES string of the molecule is CCOCc1cc(CO)ccc1-c1cc(C)sc1S(=O)(=O)OC(OCCOC)c1noc(C)c1C. The maximum atomic E-state index is 13.6. The standard InChI is InChI=1S/C24H31NO8S2/c1-6-30-14-19-12-18(13-26)7-8-20(19)21-11-15(2)34-24(21)35(27,28)33-23(31-10-9-29-5)22-16(3)17(4)32-25-22/h7-8,11-12,23,26H,6,9-10,13-14H2,1-5H3. The summed E-state index contributed by atoms with van der Waals surface area (Å²) in [5.74, 6) is 0.540. The molecule has 0 radical (unpaired) electrons. The number of hydrogen-bond acceptors (Lipinski definition) is 10. The summed E-state index contributed by atoms with van der Waals surface area (Å²) in [6, 6.07) is 7.16. The summed E-state index contributed by atoms with van der Waals surface area (Å²) in [5, 5.41) is 13.5. The lowest BCUT2D eigenvalue weighted by Gasteiger charge is -2.17. The zero-order valence-electron chi connectivity index (χ0n) is 20.5. The molecule has 1 aromatic carbocycles. The molecule has 11 heteroatoms. The highest BCUT2D eigenvalue weighted by molar-refractivity contribution is 7.89. The van der Waals surface area contributed by atoms with Crippen LogP contribution in [-0.4, -0.2) is 45.6 Å². The third-order valence-corrected chi connectivity index (χ3v) is 8.15. The highest BCUT2D eigenvalue weighted by atomic mass is 32.3. The molecule has 3 rings (SSSR count). The van der Waals surface area contributed by atoms with Crippen molar-refractivity contribution in [3.05, 3.63) is 57.3 Å². The van der Waals surface area contributed by atoms with Crippen LogP contribution in [0.3, 0.4) is 0 Å². The van der Waals surface area contributed by atoms with Crippen LogP contribution < -0.4 is 0 Å². The Morgan fingerprint density at radius 3 is 2.54 bits per heavy atom. The Labute approximate surface area is 209 Å². The molecule has 35 heavy (non-hydrogen) atoms. The molecule has 9 nitrogen and oxygen atoms in total. The summed E-state index contributed by atoms with van der Waals surface area (Å²) >= 11 is 1.11. The van der Waals surface area contributed by atoms with Crippen LogP contribution >= 0.6 is 11.3 Å². The fraction of sp³-hybridized carbons (Fsp3) is 0.458. The molecule has 0 saturated heterocycles. The second-order valence-electron chi connectivity index (χ2n) is 7.84. The smallest absolute Gasteiger partial charge is 0.310 e. The average molecular weight is 526 g/mol. The van der Waals surface area contributed by atoms with Gasteiger partial charge in [-0.25, -0.2) is 4.18 Å². The molecule has 1 atom stereocenters. The molecule has 0 spiro atoms. The number of thiophene rings is 1. The third kappa shape index (κ3) is 6.56. The van der Waals surface area contributed by atoms with Gasteiger partial charge in [0.25, 0.3) is 0 Å². The van der Waals surface area contributed by atoms with Crippen molar-refractivity contribution in [2.24, 2.45) is 0 Å². The lowest BCUT2D eigenvalue weighted by atomic mass is 10.00. The van der Waals surface area contributed by atoms with Gasteiger partial charge < -0.3 is 23.8 Å². The van der Waals surface area contributed by atoms with E-state index in [4.69, 9.17) is 22.9 Å². The highest BCUT2D eigenvalue weighted by Crippen LogP contribution is 2.40. The Morgan fingerprint density at radius 1 is 1.14 bits per heavy atom. The third-order valence-electron chi connectivity index (χ3n) is 5.34. The van der Waals surface area contributed by atoms with Gasteiger partial charge in [-0.2, -0.15) is 8.42 Å². The van der Waals surface area contributed by atoms with Crippen LogP contribution in [-0.2, 0) is 41.7 Å². The minimum atomic E-state index is -4.28. The van der Waals surface area contributed by atoms with Gasteiger partial charge in [0.15, 0.2) is 4.21 Å². The summed E-state index contributed by atoms with van der Waals surface area (Å²) in [6.07, 6.45) is -1.30. The van der Waals surface area contributed by atoms with Gasteiger partial charge in [0.2, 0.25) is 6.29 Å². The van der Waals surface area contributed by atoms with Gasteiger partial charge in [-0.15, -0.1) is 11.3 Å². The molecule has 3 aromatic rings. The predicted molar refractivity (Wildman–Crippen MR) is 131 cm³/mol. The first-order chi connectivity index (χ1) is 16.7. The van der Waals surface area contributed by atoms with Crippen molar-refractivity contribution in [2.75, 3.05) is 26.9 Å². The highest BCUT2D eigenvalue weighted by Gasteiger charge is 2.32. The largest absolute Gasteiger partial charge is 0.392 e. The molecule has 2 aromatic heterocycles. The Balaban J connectivity index is 2.03. The van der Waals surface area contributed by atoms with Crippen molar-refractivity contribution in [2.45, 2.75) is 51.4 Å². The molecule has 192 valence electrons. The molecule has 1 unspecified atom stereocenters. The van der Waals surface area contributed by atoms with Crippen molar-refractivity contribution >= 4 is 21.5 Å². The minimum Gasteiger partial charge on any atom is -0.392 e. The van der Waals surface area contributed by atoms with Crippen molar-refractivity contribution in [1.29, 1.82) is 0 Å². The number of rotatable bonds is 13. The Kier molecular flexibility index (Phi) is 9.59. The number of hydrogen-bond donors (Lipinski definition) is 1. The normalized spacial score (nSPS) is 12.9. The van der Waals surface area contributed by atoms with E-state index in [1.54, 1.807) is 32.0 Å². The second kappa shape index (κ2) is 12.2. The molecule has 0 aliphatic carbocycles. The molecule has 0 aliphatic rings. The van der Waals surface area contributed by atoms with Gasteiger partial charge in [-0.1, -0.05) is 23.4 Å². The van der Waals surface area contributed by atoms with E-state index in [2.05, 4.69) is 5.16 Å². The number of aryl methyl sites for hydroxylation is 2. The van der Waals surface area contributed by atoms with Gasteiger partial charge >= 0.3 is 10.1 Å². The maximum Gasteiger partial charge on any atom is 0.310 e. The van der Waals surface area contributed by atoms with Gasteiger partial charge in [-0.3, -0.25) is 0 Å². The number of aromatic nitrogens is 1. The number of aliphatic hydroxyl groups is 1. The number of methoxy groups -OCH3 is 1. The number of ether oxygens (including phenoxy) is 3. The van der Waals surface area contributed by atoms with Crippen molar-refractivity contribution in [3.63, 3.8) is 0 Å². The summed E-state index contributed by atoms with van der Waals surface area (Å²) < 4.78 is 54.3. The Morgan fingerprint density at radius 2 is 1.91 bits per heavy atom. The van der Waals surface area contributed by atoms with Crippen LogP contribution in [0.2, 0.25) is 0 Å². The molecule has 0 amide bonds. The fourth-order valence-corrected chi connectivity index (χ4v) is 5.98. The van der Waals surface area contributed by atoms with E-state index >= 15 is 0 Å². The van der Waals surface area contributed by atoms with Crippen LogP contribution in [0.25, 0.3) is 11.1 Å². The van der Waals surface area contributed by atoms with E-state index in [0.29, 0.717) is 34.6 Å². The van der Waals surface area contributed by atoms with Crippen LogP contribution in [0.5, 0.6) is 0 Å². The van der Waals surface area contributed by atoms with Crippen LogP contribution in [0, 0.1) is 20.8 Å². The summed E-state index contributed by atoms with van der Waals surface area (Å²) in [6.45, 7) is 8.17. The number of aliphatic hydroxyl groups excluding tert-OH is 1. The Hall–Kier alpha value is -2.12. The van der Waals surface area contributed by atoms with E-state index in [-0.39, 0.29) is 36.3 Å². The molecular weight excluding hydrogens is 494 g/mol. The first-order valence-corrected chi connectivity index (χ1v) is 13.3. The van der Waals surface area contributed by atoms with Crippen LogP contribution in [0.15, 0.2) is 33.0 Å². The van der Waals surface area contributed by atoms with E-state index in [0.717, 1.165) is 21.8 Å². The van der Waals surface area contributed by atoms with E-state index in [1.807, 2.05) is 19.9 Å². The lowest BCUT2D eigenvalue weighted by Crippen LogP contribution is -2.18. The molecule has 0 aliphatic heterocycles. The zero-order chi connectivity index (χ0) is 25.6. The molecule has 1 N–H and O–H groups in total. The van der Waals surface area contributed by atoms with Gasteiger partial charge in [-0.05, 0) is 50.5 Å². The predicted octanol–water partition coefficient (Wildman–Crippen LogP) is 4.42. The average Bonchev–Trinajstić information content (AvgIpc) is 3.39. The quantitative estimate of drug-likeness (QED) is 0.196. The molecule has 0 saturated carbocycles. The molecule has 2 heterocycles. The molecule has 0 bridgehead atoms. The van der Waals surface area contributed by atoms with Crippen molar-refractivity contribution in [1.82, 2.24) is 5.16 Å². The molecular formula is C24H31NO8S2. The first-order valence-electron chi connectivity index (χ1n) is 11.1. The van der Waals surface area contributed by atoms with Gasteiger partial charge in [0.05, 0.1) is 26.4 Å². The fourth-order valence-electron chi connectivity index (χ4n) is 3.41. The van der Waals surface area contributed by atoms with Gasteiger partial charge in [0.1, 0.15) is 11.5 Å². The lowest BCUT2D eigenvalue weighted by molar-refractivity contribution is -0.0956. The topological polar surface area (TPSA) is 117 Å². The minimum absolute atomic E-state index is 0.0442. The number of benzene rings is 1. The zero-order valence-corrected chi connectivity index (χ0v) is 22.1. The van der Waals surface area contributed by atoms with E-state index in [1.165, 1.54) is 7.11 Å². The van der Waals surface area contributed by atoms with Crippen molar-refractivity contribution < 1.29 is 36.4 Å². The van der Waals surface area contributed by atoms with Crippen LogP contribution in [0.4, 0.5) is 0 Å². The van der Waals surface area contributed by atoms with Gasteiger partial charge in [0, 0.05) is 29.7 Å². The summed E-state index contributed by atoms with van der Waals surface area (Å²) in [4.78, 5) is 0.793. The summed E-state index contributed by atoms with van der Waals surface area (Å²) in [5.41, 5.74) is 3.55. The van der Waals surface area contributed by atoms with Crippen molar-refractivity contribution in [3.8, 4) is 11.1 Å². The van der Waals surface area contributed by atoms with Crippen LogP contribution in [0.1, 0.15) is 46.2 Å². The van der Waals surface area contributed by atoms with E-state index < -0.39 is 16.4 Å². The summed E-state index contributed by atoms with van der Waals surface area (Å²) in [7, 11) is -2.76. The number of nitrogens with zero attached hydrogens (tertiary/aromatic N) is 1. The maximum absolute atomic E-state index is 13.6. The molecule has 0 fully saturated rings. The van der Waals surface area contributed by atoms with E-state index in [9.17, 15) is 13.5 Å². The Bertz CT molecular complexity index is 1230. The first kappa shape index (κ1) is 27.5. The monoisotopic (exact) mass is 525 g/mol. The second-order valence-corrected chi connectivity index (χ2v) is 10.9.